The number of likely N-dealkylation sites (N-methyl/N-ethyl adjacent to an activating group) is 1. The molecule has 1 aromatic carbocycles. The Kier molecular flexibility index (Phi) is 4.57. The van der Waals surface area contributed by atoms with Crippen LogP contribution in [0.2, 0.25) is 0 Å². The number of benzene rings is 1. The Labute approximate surface area is 148 Å². The molecule has 0 unspecified atom stereocenters. The van der Waals surface area contributed by atoms with Gasteiger partial charge < -0.3 is 14.4 Å². The van der Waals surface area contributed by atoms with Gasteiger partial charge in [-0.2, -0.15) is 5.10 Å². The first-order chi connectivity index (χ1) is 12.4. The Morgan fingerprint density at radius 3 is 2.50 bits per heavy atom. The zero-order valence-electron chi connectivity index (χ0n) is 14.3. The third kappa shape index (κ3) is 3.34. The summed E-state index contributed by atoms with van der Waals surface area (Å²) in [6, 6.07) is 9.86. The Balaban J connectivity index is 1.90. The van der Waals surface area contributed by atoms with Crippen LogP contribution in [0.1, 0.15) is 22.0 Å². The highest BCUT2D eigenvalue weighted by atomic mass is 16.4. The highest BCUT2D eigenvalue weighted by Crippen LogP contribution is 2.13. The van der Waals surface area contributed by atoms with E-state index in [9.17, 15) is 19.5 Å². The molecule has 8 nitrogen and oxygen atoms in total. The zero-order chi connectivity index (χ0) is 18.8. The van der Waals surface area contributed by atoms with E-state index in [4.69, 9.17) is 4.42 Å². The van der Waals surface area contributed by atoms with Crippen LogP contribution >= 0.6 is 0 Å². The molecular weight excluding hydrogens is 338 g/mol. The maximum Gasteiger partial charge on any atom is 0.357 e. The topological polar surface area (TPSA) is 106 Å². The van der Waals surface area contributed by atoms with Gasteiger partial charge in [-0.15, -0.1) is 0 Å². The predicted octanol–water partition coefficient (Wildman–Crippen LogP) is 1.65. The molecular formula is C18H17N3O5. The highest BCUT2D eigenvalue weighted by molar-refractivity contribution is 6.01. The predicted molar refractivity (Wildman–Crippen MR) is 92.9 cm³/mol. The van der Waals surface area contributed by atoms with E-state index < -0.39 is 11.5 Å². The quantitative estimate of drug-likeness (QED) is 0.746. The van der Waals surface area contributed by atoms with Crippen molar-refractivity contribution in [2.24, 2.45) is 0 Å². The second-order valence-electron chi connectivity index (χ2n) is 5.92. The van der Waals surface area contributed by atoms with Gasteiger partial charge in [0.2, 0.25) is 5.91 Å². The fourth-order valence-corrected chi connectivity index (χ4v) is 2.64. The van der Waals surface area contributed by atoms with E-state index in [0.29, 0.717) is 5.76 Å². The molecule has 1 N–H and O–H groups in total. The van der Waals surface area contributed by atoms with Gasteiger partial charge in [0.1, 0.15) is 18.1 Å². The van der Waals surface area contributed by atoms with E-state index in [2.05, 4.69) is 5.10 Å². The van der Waals surface area contributed by atoms with Crippen molar-refractivity contribution in [3.63, 3.8) is 0 Å². The third-order valence-electron chi connectivity index (χ3n) is 3.97. The summed E-state index contributed by atoms with van der Waals surface area (Å²) >= 11 is 0. The molecule has 1 amide bonds. The molecule has 0 aliphatic carbocycles. The number of aromatic nitrogens is 2. The Morgan fingerprint density at radius 1 is 1.19 bits per heavy atom. The number of furan rings is 1. The Hall–Kier alpha value is -3.42. The monoisotopic (exact) mass is 355 g/mol. The number of carboxylic acids is 1. The van der Waals surface area contributed by atoms with Gasteiger partial charge in [-0.05, 0) is 25.1 Å². The van der Waals surface area contributed by atoms with Crippen LogP contribution in [0.15, 0.2) is 45.6 Å². The summed E-state index contributed by atoms with van der Waals surface area (Å²) < 4.78 is 6.32. The fourth-order valence-electron chi connectivity index (χ4n) is 2.64. The van der Waals surface area contributed by atoms with Gasteiger partial charge in [0.15, 0.2) is 5.69 Å². The molecule has 0 bridgehead atoms. The van der Waals surface area contributed by atoms with Crippen LogP contribution in [0, 0.1) is 6.92 Å². The van der Waals surface area contributed by atoms with Crippen molar-refractivity contribution in [1.82, 2.24) is 14.7 Å². The zero-order valence-corrected chi connectivity index (χ0v) is 14.3. The van der Waals surface area contributed by atoms with Crippen LogP contribution in [-0.4, -0.2) is 38.7 Å². The first kappa shape index (κ1) is 17.4. The number of aryl methyl sites for hydroxylation is 1. The SMILES string of the molecule is Cc1ccc(CN(C)C(=O)Cn2nc(C(=O)O)c3ccccc3c2=O)o1. The lowest BCUT2D eigenvalue weighted by molar-refractivity contribution is -0.131. The third-order valence-corrected chi connectivity index (χ3v) is 3.97. The largest absolute Gasteiger partial charge is 0.476 e. The molecule has 3 aromatic rings. The number of carbonyl (C=O) groups is 2. The number of nitrogens with zero attached hydrogens (tertiary/aromatic N) is 3. The number of aromatic carboxylic acids is 1. The van der Waals surface area contributed by atoms with E-state index in [1.165, 1.54) is 17.0 Å². The van der Waals surface area contributed by atoms with Gasteiger partial charge >= 0.3 is 5.97 Å². The summed E-state index contributed by atoms with van der Waals surface area (Å²) in [5, 5.41) is 13.7. The summed E-state index contributed by atoms with van der Waals surface area (Å²) in [6.07, 6.45) is 0. The van der Waals surface area contributed by atoms with Crippen molar-refractivity contribution in [1.29, 1.82) is 0 Å². The number of hydrogen-bond acceptors (Lipinski definition) is 5. The van der Waals surface area contributed by atoms with Crippen LogP contribution in [0.5, 0.6) is 0 Å². The van der Waals surface area contributed by atoms with Crippen molar-refractivity contribution < 1.29 is 19.1 Å². The average Bonchev–Trinajstić information content (AvgIpc) is 3.01. The molecule has 0 radical (unpaired) electrons. The normalized spacial score (nSPS) is 10.8. The summed E-state index contributed by atoms with van der Waals surface area (Å²) in [7, 11) is 1.57. The van der Waals surface area contributed by atoms with E-state index in [1.807, 2.05) is 0 Å². The minimum Gasteiger partial charge on any atom is -0.476 e. The van der Waals surface area contributed by atoms with Crippen LogP contribution in [0.4, 0.5) is 0 Å². The molecule has 134 valence electrons. The number of carboxylic acid groups (broad SMARTS) is 1. The van der Waals surface area contributed by atoms with Crippen molar-refractivity contribution in [2.45, 2.75) is 20.0 Å². The molecule has 2 aromatic heterocycles. The minimum absolute atomic E-state index is 0.206. The summed E-state index contributed by atoms with van der Waals surface area (Å²) in [5.74, 6) is -0.301. The van der Waals surface area contributed by atoms with Crippen LogP contribution < -0.4 is 5.56 Å². The van der Waals surface area contributed by atoms with Gasteiger partial charge in [0.05, 0.1) is 11.9 Å². The summed E-state index contributed by atoms with van der Waals surface area (Å²) in [5.41, 5.74) is -0.779. The number of fused-ring (bicyclic) bond motifs is 1. The number of rotatable bonds is 5. The fraction of sp³-hybridized carbons (Fsp3) is 0.222. The van der Waals surface area contributed by atoms with Crippen molar-refractivity contribution in [3.05, 3.63) is 64.0 Å². The molecule has 0 saturated carbocycles. The molecule has 0 aliphatic heterocycles. The Morgan fingerprint density at radius 2 is 1.88 bits per heavy atom. The van der Waals surface area contributed by atoms with Crippen molar-refractivity contribution in [2.75, 3.05) is 7.05 Å². The second-order valence-corrected chi connectivity index (χ2v) is 5.92. The molecule has 0 aliphatic rings. The number of carbonyl (C=O) groups excluding carboxylic acids is 1. The molecule has 8 heteroatoms. The van der Waals surface area contributed by atoms with E-state index >= 15 is 0 Å². The molecule has 3 rings (SSSR count). The first-order valence-corrected chi connectivity index (χ1v) is 7.89. The molecule has 26 heavy (non-hydrogen) atoms. The number of amides is 1. The van der Waals surface area contributed by atoms with Gasteiger partial charge in [-0.3, -0.25) is 9.59 Å². The van der Waals surface area contributed by atoms with Gasteiger partial charge in [-0.25, -0.2) is 9.48 Å². The van der Waals surface area contributed by atoms with Crippen LogP contribution in [0.3, 0.4) is 0 Å². The molecule has 0 saturated heterocycles. The van der Waals surface area contributed by atoms with Gasteiger partial charge in [0.25, 0.3) is 5.56 Å². The van der Waals surface area contributed by atoms with E-state index in [1.54, 1.807) is 38.2 Å². The van der Waals surface area contributed by atoms with Crippen LogP contribution in [0.25, 0.3) is 10.8 Å². The molecule has 0 fully saturated rings. The first-order valence-electron chi connectivity index (χ1n) is 7.89. The lowest BCUT2D eigenvalue weighted by atomic mass is 10.1. The molecule has 0 spiro atoms. The summed E-state index contributed by atoms with van der Waals surface area (Å²) in [6.45, 7) is 1.68. The maximum atomic E-state index is 12.5. The van der Waals surface area contributed by atoms with Crippen molar-refractivity contribution >= 4 is 22.6 Å². The van der Waals surface area contributed by atoms with E-state index in [-0.39, 0.29) is 35.5 Å². The number of hydrogen-bond donors (Lipinski definition) is 1. The molecule has 2 heterocycles. The second kappa shape index (κ2) is 6.83. The minimum atomic E-state index is -1.26. The highest BCUT2D eigenvalue weighted by Gasteiger charge is 2.19. The lowest BCUT2D eigenvalue weighted by Crippen LogP contribution is -2.35. The maximum absolute atomic E-state index is 12.5. The van der Waals surface area contributed by atoms with Crippen molar-refractivity contribution in [3.8, 4) is 0 Å². The van der Waals surface area contributed by atoms with Crippen LogP contribution in [-0.2, 0) is 17.9 Å². The Bertz CT molecular complexity index is 1050. The van der Waals surface area contributed by atoms with Gasteiger partial charge in [0, 0.05) is 12.4 Å². The lowest BCUT2D eigenvalue weighted by Gasteiger charge is -2.16. The summed E-state index contributed by atoms with van der Waals surface area (Å²) in [4.78, 5) is 37.8. The van der Waals surface area contributed by atoms with E-state index in [0.717, 1.165) is 10.4 Å². The smallest absolute Gasteiger partial charge is 0.357 e. The van der Waals surface area contributed by atoms with Gasteiger partial charge in [-0.1, -0.05) is 18.2 Å². The molecule has 0 atom stereocenters. The average molecular weight is 355 g/mol. The standard InChI is InChI=1S/C18H17N3O5/c1-11-7-8-12(26-11)9-20(2)15(22)10-21-17(23)14-6-4-3-5-13(14)16(19-21)18(24)25/h3-8H,9-10H2,1-2H3,(H,24,25).